The lowest BCUT2D eigenvalue weighted by atomic mass is 10.0. The van der Waals surface area contributed by atoms with Crippen molar-refractivity contribution in [1.82, 2.24) is 19.7 Å². The molecule has 0 atom stereocenters. The fourth-order valence-corrected chi connectivity index (χ4v) is 4.15. The highest BCUT2D eigenvalue weighted by Gasteiger charge is 2.13. The first-order chi connectivity index (χ1) is 14.4. The van der Waals surface area contributed by atoms with Crippen molar-refractivity contribution >= 4 is 21.8 Å². The fraction of sp³-hybridized carbons (Fsp3) is 0. The first kappa shape index (κ1) is 16.0. The summed E-state index contributed by atoms with van der Waals surface area (Å²) in [5.41, 5.74) is 8.00. The molecule has 0 aliphatic heterocycles. The van der Waals surface area contributed by atoms with Gasteiger partial charge in [-0.15, -0.1) is 0 Å². The van der Waals surface area contributed by atoms with Crippen LogP contribution in [0.15, 0.2) is 97.5 Å². The number of hydrogen-bond donors (Lipinski definition) is 2. The Kier molecular flexibility index (Phi) is 3.43. The third-order valence-electron chi connectivity index (χ3n) is 5.48. The summed E-state index contributed by atoms with van der Waals surface area (Å²) in [5.74, 6) is 0. The Morgan fingerprint density at radius 3 is 2.28 bits per heavy atom. The number of nitrogens with one attached hydrogen (secondary N) is 2. The molecule has 4 heteroatoms. The number of aromatic nitrogens is 4. The third kappa shape index (κ3) is 2.50. The molecule has 3 aromatic heterocycles. The lowest BCUT2D eigenvalue weighted by Crippen LogP contribution is -1.94. The van der Waals surface area contributed by atoms with Crippen molar-refractivity contribution in [3.63, 3.8) is 0 Å². The summed E-state index contributed by atoms with van der Waals surface area (Å²) in [6, 6.07) is 27.5. The van der Waals surface area contributed by atoms with Crippen molar-refractivity contribution in [2.45, 2.75) is 0 Å². The van der Waals surface area contributed by atoms with Crippen LogP contribution in [-0.4, -0.2) is 19.7 Å². The number of benzene rings is 3. The molecule has 0 aliphatic rings. The summed E-state index contributed by atoms with van der Waals surface area (Å²) < 4.78 is 1.89. The van der Waals surface area contributed by atoms with Crippen LogP contribution in [0.5, 0.6) is 0 Å². The molecule has 6 rings (SSSR count). The van der Waals surface area contributed by atoms with E-state index in [1.807, 2.05) is 29.2 Å². The Labute approximate surface area is 167 Å². The van der Waals surface area contributed by atoms with Gasteiger partial charge in [-0.05, 0) is 35.9 Å². The molecule has 138 valence electrons. The Bertz CT molecular complexity index is 1440. The molecule has 3 heterocycles. The van der Waals surface area contributed by atoms with Crippen LogP contribution in [-0.2, 0) is 0 Å². The van der Waals surface area contributed by atoms with Gasteiger partial charge in [-0.3, -0.25) is 0 Å². The summed E-state index contributed by atoms with van der Waals surface area (Å²) in [7, 11) is 0. The van der Waals surface area contributed by atoms with Crippen LogP contribution in [0.4, 0.5) is 0 Å². The second-order valence-corrected chi connectivity index (χ2v) is 7.17. The highest BCUT2D eigenvalue weighted by Crippen LogP contribution is 2.37. The Hall–Kier alpha value is -4.05. The quantitative estimate of drug-likeness (QED) is 0.382. The molecule has 0 amide bonds. The second-order valence-electron chi connectivity index (χ2n) is 7.17. The lowest BCUT2D eigenvalue weighted by molar-refractivity contribution is 0.881. The predicted octanol–water partition coefficient (Wildman–Crippen LogP) is 6.17. The minimum absolute atomic E-state index is 1.05. The second kappa shape index (κ2) is 6.24. The topological polar surface area (TPSA) is 49.4 Å². The van der Waals surface area contributed by atoms with E-state index in [1.54, 1.807) is 6.20 Å². The van der Waals surface area contributed by atoms with Crippen molar-refractivity contribution in [2.75, 3.05) is 0 Å². The fourth-order valence-electron chi connectivity index (χ4n) is 4.15. The van der Waals surface area contributed by atoms with Crippen LogP contribution in [0.1, 0.15) is 0 Å². The van der Waals surface area contributed by atoms with Gasteiger partial charge in [0, 0.05) is 46.2 Å². The van der Waals surface area contributed by atoms with E-state index in [-0.39, 0.29) is 0 Å². The van der Waals surface area contributed by atoms with Crippen LogP contribution >= 0.6 is 0 Å². The minimum Gasteiger partial charge on any atom is -0.361 e. The van der Waals surface area contributed by atoms with Gasteiger partial charge in [0.15, 0.2) is 0 Å². The van der Waals surface area contributed by atoms with Gasteiger partial charge >= 0.3 is 0 Å². The lowest BCUT2D eigenvalue weighted by Gasteiger charge is -2.07. The maximum Gasteiger partial charge on any atom is 0.0651 e. The summed E-state index contributed by atoms with van der Waals surface area (Å²) in [6.07, 6.45) is 5.72. The van der Waals surface area contributed by atoms with Gasteiger partial charge in [-0.25, -0.2) is 4.68 Å². The molecule has 0 unspecified atom stereocenters. The molecule has 0 fully saturated rings. The molecular formula is C25H18N4. The van der Waals surface area contributed by atoms with Crippen molar-refractivity contribution in [3.05, 3.63) is 97.5 Å². The monoisotopic (exact) mass is 374 g/mol. The van der Waals surface area contributed by atoms with E-state index >= 15 is 0 Å². The van der Waals surface area contributed by atoms with Gasteiger partial charge in [0.05, 0.1) is 16.7 Å². The maximum absolute atomic E-state index is 4.36. The summed E-state index contributed by atoms with van der Waals surface area (Å²) in [6.45, 7) is 0. The average molecular weight is 374 g/mol. The molecule has 2 N–H and O–H groups in total. The number of H-pyrrole nitrogens is 2. The van der Waals surface area contributed by atoms with Crippen molar-refractivity contribution in [1.29, 1.82) is 0 Å². The van der Waals surface area contributed by atoms with Gasteiger partial charge in [0.2, 0.25) is 0 Å². The normalized spacial score (nSPS) is 11.4. The zero-order valence-electron chi connectivity index (χ0n) is 15.6. The summed E-state index contributed by atoms with van der Waals surface area (Å²) in [4.78, 5) is 7.04. The van der Waals surface area contributed by atoms with Gasteiger partial charge in [-0.2, -0.15) is 5.10 Å². The molecule has 0 radical (unpaired) electrons. The Morgan fingerprint density at radius 2 is 1.52 bits per heavy atom. The van der Waals surface area contributed by atoms with E-state index in [2.05, 4.69) is 81.8 Å². The van der Waals surface area contributed by atoms with Gasteiger partial charge < -0.3 is 9.97 Å². The van der Waals surface area contributed by atoms with E-state index in [1.165, 1.54) is 21.9 Å². The van der Waals surface area contributed by atoms with E-state index in [0.717, 1.165) is 28.0 Å². The number of hydrogen-bond acceptors (Lipinski definition) is 1. The van der Waals surface area contributed by atoms with Crippen LogP contribution in [0.2, 0.25) is 0 Å². The van der Waals surface area contributed by atoms with E-state index < -0.39 is 0 Å². The van der Waals surface area contributed by atoms with Crippen molar-refractivity contribution in [2.24, 2.45) is 0 Å². The standard InChI is InChI=1S/C25H18N4/c1-6-17(16-18(7-1)29-15-5-14-27-29)19-8-2-9-20-21-10-3-11-22(23-12-4-13-26-23)25(21)28-24(19)20/h1-16,26,28H. The molecule has 4 nitrogen and oxygen atoms in total. The largest absolute Gasteiger partial charge is 0.361 e. The van der Waals surface area contributed by atoms with Gasteiger partial charge in [0.25, 0.3) is 0 Å². The number of nitrogens with zero attached hydrogens (tertiary/aromatic N) is 2. The van der Waals surface area contributed by atoms with E-state index in [9.17, 15) is 0 Å². The van der Waals surface area contributed by atoms with Crippen LogP contribution in [0.3, 0.4) is 0 Å². The molecule has 3 aromatic carbocycles. The maximum atomic E-state index is 4.36. The summed E-state index contributed by atoms with van der Waals surface area (Å²) >= 11 is 0. The minimum atomic E-state index is 1.05. The molecule has 0 aliphatic carbocycles. The Balaban J connectivity index is 1.60. The number of rotatable bonds is 3. The van der Waals surface area contributed by atoms with Crippen LogP contribution in [0, 0.1) is 0 Å². The number of para-hydroxylation sites is 2. The number of aromatic amines is 2. The highest BCUT2D eigenvalue weighted by molar-refractivity contribution is 6.15. The Morgan fingerprint density at radius 1 is 0.724 bits per heavy atom. The van der Waals surface area contributed by atoms with Crippen LogP contribution in [0.25, 0.3) is 49.9 Å². The zero-order valence-corrected chi connectivity index (χ0v) is 15.6. The summed E-state index contributed by atoms with van der Waals surface area (Å²) in [5, 5.41) is 6.83. The molecule has 0 saturated heterocycles. The molecule has 29 heavy (non-hydrogen) atoms. The van der Waals surface area contributed by atoms with Crippen molar-refractivity contribution < 1.29 is 0 Å². The smallest absolute Gasteiger partial charge is 0.0651 e. The molecule has 0 spiro atoms. The molecule has 6 aromatic rings. The van der Waals surface area contributed by atoms with Gasteiger partial charge in [-0.1, -0.05) is 48.5 Å². The van der Waals surface area contributed by atoms with E-state index in [4.69, 9.17) is 0 Å². The van der Waals surface area contributed by atoms with Crippen molar-refractivity contribution in [3.8, 4) is 28.1 Å². The van der Waals surface area contributed by atoms with Crippen LogP contribution < -0.4 is 0 Å². The molecular weight excluding hydrogens is 356 g/mol. The number of fused-ring (bicyclic) bond motifs is 3. The zero-order chi connectivity index (χ0) is 19.2. The third-order valence-corrected chi connectivity index (χ3v) is 5.48. The first-order valence-corrected chi connectivity index (χ1v) is 9.66. The SMILES string of the molecule is c1cc(-c2cccc3c2[nH]c2c(-c4ccc[nH]4)cccc23)cc(-n2cccn2)c1. The van der Waals surface area contributed by atoms with E-state index in [0.29, 0.717) is 0 Å². The first-order valence-electron chi connectivity index (χ1n) is 9.66. The molecule has 0 bridgehead atoms. The molecule has 0 saturated carbocycles. The van der Waals surface area contributed by atoms with Gasteiger partial charge in [0.1, 0.15) is 0 Å². The highest BCUT2D eigenvalue weighted by atomic mass is 15.3. The predicted molar refractivity (Wildman–Crippen MR) is 118 cm³/mol. The average Bonchev–Trinajstić information content (AvgIpc) is 3.54.